The Kier molecular flexibility index (Phi) is 7.57. The first-order chi connectivity index (χ1) is 17.4. The Balaban J connectivity index is 1.44. The lowest BCUT2D eigenvalue weighted by molar-refractivity contribution is -0.121. The monoisotopic (exact) mass is 552 g/mol. The number of benzene rings is 1. The van der Waals surface area contributed by atoms with E-state index in [4.69, 9.17) is 0 Å². The fraction of sp³-hybridized carbons (Fsp3) is 0.364. The van der Waals surface area contributed by atoms with Crippen LogP contribution in [0.25, 0.3) is 11.0 Å². The smallest absolute Gasteiger partial charge is 0.332 e. The number of amides is 1. The summed E-state index contributed by atoms with van der Waals surface area (Å²) in [4.78, 5) is 33.4. The summed E-state index contributed by atoms with van der Waals surface area (Å²) < 4.78 is 60.9. The van der Waals surface area contributed by atoms with E-state index in [1.807, 2.05) is 0 Å². The van der Waals surface area contributed by atoms with E-state index in [9.17, 15) is 30.3 Å². The zero-order valence-electron chi connectivity index (χ0n) is 19.8. The Morgan fingerprint density at radius 3 is 2.38 bits per heavy atom. The second kappa shape index (κ2) is 10.5. The summed E-state index contributed by atoms with van der Waals surface area (Å²) in [5.74, 6) is -0.231. The molecule has 1 aliphatic rings. The molecular weight excluding hydrogens is 527 g/mol. The topological polar surface area (TPSA) is 160 Å². The van der Waals surface area contributed by atoms with Gasteiger partial charge in [0.05, 0.1) is 11.2 Å². The van der Waals surface area contributed by atoms with Gasteiger partial charge in [-0.15, -0.1) is 3.89 Å². The summed E-state index contributed by atoms with van der Waals surface area (Å²) in [6.45, 7) is 0.470. The van der Waals surface area contributed by atoms with Crippen LogP contribution in [0.5, 0.6) is 0 Å². The SMILES string of the molecule is CS(=O)(=O)N1CCC(Nc2ncc3ccc(=O)n(CC(=O)NCc4ccc(S(=O)(=O)F)cc4)c3n2)CC1. The van der Waals surface area contributed by atoms with Crippen molar-refractivity contribution >= 4 is 43.1 Å². The van der Waals surface area contributed by atoms with Crippen LogP contribution in [0.2, 0.25) is 0 Å². The lowest BCUT2D eigenvalue weighted by Crippen LogP contribution is -2.42. The number of aromatic nitrogens is 3. The number of halogens is 1. The van der Waals surface area contributed by atoms with Gasteiger partial charge in [-0.05, 0) is 36.6 Å². The molecule has 1 amide bonds. The maximum Gasteiger partial charge on any atom is 0.332 e. The lowest BCUT2D eigenvalue weighted by Gasteiger charge is -2.30. The number of anilines is 1. The molecule has 12 nitrogen and oxygen atoms in total. The van der Waals surface area contributed by atoms with E-state index in [1.54, 1.807) is 6.07 Å². The molecule has 3 heterocycles. The summed E-state index contributed by atoms with van der Waals surface area (Å²) in [5.41, 5.74) is 0.360. The van der Waals surface area contributed by atoms with Crippen molar-refractivity contribution in [1.29, 1.82) is 0 Å². The first kappa shape index (κ1) is 26.6. The molecule has 3 aromatic rings. The lowest BCUT2D eigenvalue weighted by atomic mass is 10.1. The number of nitrogens with one attached hydrogen (secondary N) is 2. The molecule has 1 saturated heterocycles. The van der Waals surface area contributed by atoms with Crippen molar-refractivity contribution in [3.05, 3.63) is 58.5 Å². The van der Waals surface area contributed by atoms with E-state index in [-0.39, 0.29) is 30.7 Å². The van der Waals surface area contributed by atoms with Gasteiger partial charge in [0.2, 0.25) is 21.9 Å². The van der Waals surface area contributed by atoms with Gasteiger partial charge < -0.3 is 10.6 Å². The van der Waals surface area contributed by atoms with Gasteiger partial charge >= 0.3 is 10.2 Å². The molecule has 0 radical (unpaired) electrons. The molecule has 0 atom stereocenters. The van der Waals surface area contributed by atoms with Gasteiger partial charge in [0, 0.05) is 43.3 Å². The van der Waals surface area contributed by atoms with Crippen molar-refractivity contribution < 1.29 is 25.5 Å². The second-order valence-electron chi connectivity index (χ2n) is 8.67. The molecule has 0 unspecified atom stereocenters. The van der Waals surface area contributed by atoms with Gasteiger partial charge in [0.25, 0.3) is 5.56 Å². The van der Waals surface area contributed by atoms with Crippen LogP contribution >= 0.6 is 0 Å². The van der Waals surface area contributed by atoms with Gasteiger partial charge in [-0.1, -0.05) is 12.1 Å². The van der Waals surface area contributed by atoms with E-state index < -0.39 is 36.6 Å². The summed E-state index contributed by atoms with van der Waals surface area (Å²) in [5, 5.41) is 6.37. The number of carbonyl (C=O) groups excluding carboxylic acids is 1. The summed E-state index contributed by atoms with van der Waals surface area (Å²) >= 11 is 0. The normalized spacial score (nSPS) is 15.5. The van der Waals surface area contributed by atoms with Crippen LogP contribution < -0.4 is 16.2 Å². The molecule has 198 valence electrons. The van der Waals surface area contributed by atoms with Crippen LogP contribution in [0.4, 0.5) is 9.83 Å². The molecule has 1 aromatic carbocycles. The highest BCUT2D eigenvalue weighted by molar-refractivity contribution is 7.88. The number of fused-ring (bicyclic) bond motifs is 1. The van der Waals surface area contributed by atoms with Crippen LogP contribution in [-0.2, 0) is 38.1 Å². The Bertz CT molecular complexity index is 1580. The highest BCUT2D eigenvalue weighted by Gasteiger charge is 2.25. The molecule has 4 rings (SSSR count). The van der Waals surface area contributed by atoms with Crippen molar-refractivity contribution in [2.75, 3.05) is 24.7 Å². The van der Waals surface area contributed by atoms with Crippen LogP contribution in [0.1, 0.15) is 18.4 Å². The molecule has 1 aliphatic heterocycles. The zero-order valence-corrected chi connectivity index (χ0v) is 21.4. The summed E-state index contributed by atoms with van der Waals surface area (Å²) in [6.07, 6.45) is 3.84. The fourth-order valence-electron chi connectivity index (χ4n) is 3.98. The van der Waals surface area contributed by atoms with E-state index in [1.165, 1.54) is 39.5 Å². The van der Waals surface area contributed by atoms with Crippen LogP contribution in [0.15, 0.2) is 52.3 Å². The maximum absolute atomic E-state index is 13.0. The predicted octanol–water partition coefficient (Wildman–Crippen LogP) is 0.602. The fourth-order valence-corrected chi connectivity index (χ4v) is 5.31. The molecule has 0 aliphatic carbocycles. The minimum absolute atomic E-state index is 0.0406. The van der Waals surface area contributed by atoms with Crippen molar-refractivity contribution in [2.24, 2.45) is 0 Å². The predicted molar refractivity (Wildman–Crippen MR) is 133 cm³/mol. The molecule has 1 fully saturated rings. The van der Waals surface area contributed by atoms with E-state index >= 15 is 0 Å². The average Bonchev–Trinajstić information content (AvgIpc) is 2.84. The molecule has 15 heteroatoms. The van der Waals surface area contributed by atoms with Crippen LogP contribution in [0.3, 0.4) is 0 Å². The first-order valence-electron chi connectivity index (χ1n) is 11.3. The number of nitrogens with zero attached hydrogens (tertiary/aromatic N) is 4. The van der Waals surface area contributed by atoms with E-state index in [0.717, 1.165) is 12.1 Å². The quantitative estimate of drug-likeness (QED) is 0.381. The van der Waals surface area contributed by atoms with Gasteiger partial charge in [0.1, 0.15) is 12.2 Å². The highest BCUT2D eigenvalue weighted by atomic mass is 32.3. The number of piperidine rings is 1. The Morgan fingerprint density at radius 2 is 1.76 bits per heavy atom. The second-order valence-corrected chi connectivity index (χ2v) is 12.0. The molecule has 2 aromatic heterocycles. The van der Waals surface area contributed by atoms with Gasteiger partial charge in [-0.3, -0.25) is 14.2 Å². The van der Waals surface area contributed by atoms with Crippen molar-refractivity contribution in [3.8, 4) is 0 Å². The zero-order chi connectivity index (χ0) is 26.8. The van der Waals surface area contributed by atoms with Crippen molar-refractivity contribution in [1.82, 2.24) is 24.2 Å². The molecular formula is C22H25FN6O6S2. The Hall–Kier alpha value is -3.43. The van der Waals surface area contributed by atoms with Crippen LogP contribution in [-0.4, -0.2) is 67.0 Å². The largest absolute Gasteiger partial charge is 0.351 e. The molecule has 0 spiro atoms. The van der Waals surface area contributed by atoms with E-state index in [2.05, 4.69) is 20.6 Å². The molecule has 2 N–H and O–H groups in total. The molecule has 37 heavy (non-hydrogen) atoms. The van der Waals surface area contributed by atoms with Gasteiger partial charge in [-0.2, -0.15) is 13.4 Å². The number of hydrogen-bond donors (Lipinski definition) is 2. The number of sulfonamides is 1. The molecule has 0 saturated carbocycles. The number of hydrogen-bond acceptors (Lipinski definition) is 9. The third-order valence-corrected chi connectivity index (χ3v) is 8.11. The molecule has 0 bridgehead atoms. The minimum Gasteiger partial charge on any atom is -0.351 e. The summed E-state index contributed by atoms with van der Waals surface area (Å²) in [7, 11) is -8.05. The number of pyridine rings is 1. The Labute approximate surface area is 212 Å². The first-order valence-corrected chi connectivity index (χ1v) is 14.5. The highest BCUT2D eigenvalue weighted by Crippen LogP contribution is 2.18. The van der Waals surface area contributed by atoms with Gasteiger partial charge in [-0.25, -0.2) is 17.7 Å². The van der Waals surface area contributed by atoms with Crippen LogP contribution in [0, 0.1) is 0 Å². The number of rotatable bonds is 8. The van der Waals surface area contributed by atoms with Crippen molar-refractivity contribution in [3.63, 3.8) is 0 Å². The van der Waals surface area contributed by atoms with Gasteiger partial charge in [0.15, 0.2) is 0 Å². The average molecular weight is 553 g/mol. The third kappa shape index (κ3) is 6.67. The Morgan fingerprint density at radius 1 is 1.08 bits per heavy atom. The summed E-state index contributed by atoms with van der Waals surface area (Å²) in [6, 6.07) is 7.77. The standard InChI is InChI=1S/C22H25FN6O6S2/c1-36(32,33)28-10-8-17(9-11-28)26-22-25-13-16-4-7-20(31)29(21(16)27-22)14-19(30)24-12-15-2-5-18(6-3-15)37(23,34)35/h2-7,13,17H,8-12,14H2,1H3,(H,24,30)(H,25,26,27). The van der Waals surface area contributed by atoms with Crippen molar-refractivity contribution in [2.45, 2.75) is 36.9 Å². The number of carbonyl (C=O) groups is 1. The van der Waals surface area contributed by atoms with E-state index in [0.29, 0.717) is 36.9 Å². The third-order valence-electron chi connectivity index (χ3n) is 5.98. The maximum atomic E-state index is 13.0. The minimum atomic E-state index is -4.81.